The van der Waals surface area contributed by atoms with E-state index in [2.05, 4.69) is 5.48 Å². The van der Waals surface area contributed by atoms with Crippen LogP contribution in [0.2, 0.25) is 10.0 Å². The fourth-order valence-electron chi connectivity index (χ4n) is 1.50. The summed E-state index contributed by atoms with van der Waals surface area (Å²) in [5.74, 6) is -0.415. The molecule has 6 heteroatoms. The molecule has 2 aromatic rings. The van der Waals surface area contributed by atoms with Crippen molar-refractivity contribution < 1.29 is 9.63 Å². The second-order valence-electron chi connectivity index (χ2n) is 3.84. The summed E-state index contributed by atoms with van der Waals surface area (Å²) >= 11 is 11.9. The summed E-state index contributed by atoms with van der Waals surface area (Å²) < 4.78 is 0. The number of halogens is 2. The fourth-order valence-corrected chi connectivity index (χ4v) is 1.98. The number of hydrogen-bond acceptors (Lipinski definition) is 3. The van der Waals surface area contributed by atoms with Gasteiger partial charge in [-0.2, -0.15) is 0 Å². The molecule has 0 amide bonds. The number of anilines is 1. The van der Waals surface area contributed by atoms with E-state index in [1.165, 1.54) is 0 Å². The van der Waals surface area contributed by atoms with Crippen LogP contribution < -0.4 is 5.48 Å². The first-order valence-corrected chi connectivity index (χ1v) is 6.36. The smallest absolute Gasteiger partial charge is 0.336 e. The Morgan fingerprint density at radius 1 is 1.00 bits per heavy atom. The van der Waals surface area contributed by atoms with Crippen molar-refractivity contribution in [3.63, 3.8) is 0 Å². The molecule has 99 valence electrons. The molecule has 0 aliphatic carbocycles. The van der Waals surface area contributed by atoms with Gasteiger partial charge in [-0.3, -0.25) is 0 Å². The molecule has 0 heterocycles. The van der Waals surface area contributed by atoms with Gasteiger partial charge in [0.05, 0.1) is 16.5 Å². The van der Waals surface area contributed by atoms with Gasteiger partial charge in [0.25, 0.3) is 0 Å². The number of para-hydroxylation sites is 1. The predicted octanol–water partition coefficient (Wildman–Crippen LogP) is 3.73. The molecule has 2 rings (SSSR count). The van der Waals surface area contributed by atoms with Gasteiger partial charge >= 0.3 is 5.97 Å². The van der Waals surface area contributed by atoms with Crippen LogP contribution in [0.25, 0.3) is 0 Å². The number of rotatable bonds is 4. The van der Waals surface area contributed by atoms with E-state index in [0.29, 0.717) is 15.7 Å². The fraction of sp³-hybridized carbons (Fsp3) is 0.0714. The molecule has 0 aliphatic rings. The van der Waals surface area contributed by atoms with Gasteiger partial charge in [-0.25, -0.2) is 10.3 Å². The molecule has 0 bridgehead atoms. The van der Waals surface area contributed by atoms with Crippen molar-refractivity contribution in [1.29, 1.82) is 0 Å². The third-order valence-corrected chi connectivity index (χ3v) is 3.05. The minimum atomic E-state index is -0.415. The number of carbonyl (C=O) groups is 1. The minimum Gasteiger partial charge on any atom is -0.343 e. The molecule has 0 aromatic heterocycles. The van der Waals surface area contributed by atoms with Crippen LogP contribution >= 0.6 is 23.2 Å². The van der Waals surface area contributed by atoms with Crippen LogP contribution in [0.1, 0.15) is 5.56 Å². The van der Waals surface area contributed by atoms with Crippen LogP contribution in [0.15, 0.2) is 48.5 Å². The van der Waals surface area contributed by atoms with E-state index in [9.17, 15) is 4.79 Å². The van der Waals surface area contributed by atoms with Crippen LogP contribution in [-0.2, 0) is 16.1 Å². The standard InChI is InChI=1S/C14H11Cl2NO2.Na/c15-11-7-4-8-12(16)14(11)17-19-13(18)9-10-5-2-1-3-6-10;/h1-8,17H,9H2;. The molecule has 0 aliphatic heterocycles. The molecule has 0 unspecified atom stereocenters. The van der Waals surface area contributed by atoms with Gasteiger partial charge in [-0.1, -0.05) is 59.6 Å². The number of hydrogen-bond donors (Lipinski definition) is 1. The van der Waals surface area contributed by atoms with Crippen molar-refractivity contribution in [3.05, 3.63) is 64.1 Å². The van der Waals surface area contributed by atoms with E-state index >= 15 is 0 Å². The van der Waals surface area contributed by atoms with Gasteiger partial charge in [0, 0.05) is 29.6 Å². The van der Waals surface area contributed by atoms with Crippen molar-refractivity contribution in [2.24, 2.45) is 0 Å². The van der Waals surface area contributed by atoms with Gasteiger partial charge in [0.15, 0.2) is 0 Å². The first-order valence-electron chi connectivity index (χ1n) is 5.60. The Kier molecular flexibility index (Phi) is 7.41. The average molecular weight is 319 g/mol. The van der Waals surface area contributed by atoms with E-state index in [4.69, 9.17) is 28.0 Å². The summed E-state index contributed by atoms with van der Waals surface area (Å²) in [6, 6.07) is 14.3. The molecule has 3 nitrogen and oxygen atoms in total. The van der Waals surface area contributed by atoms with E-state index < -0.39 is 5.97 Å². The number of benzene rings is 2. The first kappa shape index (κ1) is 17.3. The van der Waals surface area contributed by atoms with Gasteiger partial charge in [-0.15, -0.1) is 0 Å². The number of nitrogens with one attached hydrogen (secondary N) is 1. The SMILES string of the molecule is O=C(Cc1ccccc1)ONc1c(Cl)cccc1Cl.[Na]. The molecule has 0 atom stereocenters. The van der Waals surface area contributed by atoms with Crippen molar-refractivity contribution in [2.75, 3.05) is 5.48 Å². The second kappa shape index (κ2) is 8.55. The molecule has 0 saturated heterocycles. The molecular weight excluding hydrogens is 308 g/mol. The first-order chi connectivity index (χ1) is 9.16. The molecular formula is C14H11Cl2NNaO2. The normalized spacial score (nSPS) is 9.50. The Hall–Kier alpha value is -0.710. The van der Waals surface area contributed by atoms with Crippen LogP contribution in [0, 0.1) is 0 Å². The Balaban J connectivity index is 0.00000200. The van der Waals surface area contributed by atoms with Crippen LogP contribution in [0.5, 0.6) is 0 Å². The molecule has 2 aromatic carbocycles. The zero-order chi connectivity index (χ0) is 13.7. The van der Waals surface area contributed by atoms with E-state index in [1.54, 1.807) is 18.2 Å². The van der Waals surface area contributed by atoms with Gasteiger partial charge in [0.2, 0.25) is 0 Å². The van der Waals surface area contributed by atoms with E-state index in [-0.39, 0.29) is 36.0 Å². The Bertz CT molecular complexity index is 558. The van der Waals surface area contributed by atoms with Crippen molar-refractivity contribution >= 4 is 64.4 Å². The molecule has 0 saturated carbocycles. The summed E-state index contributed by atoms with van der Waals surface area (Å²) in [6.07, 6.45) is 0.176. The third kappa shape index (κ3) is 5.00. The van der Waals surface area contributed by atoms with E-state index in [1.807, 2.05) is 30.3 Å². The Morgan fingerprint density at radius 3 is 2.20 bits per heavy atom. The van der Waals surface area contributed by atoms with E-state index in [0.717, 1.165) is 5.56 Å². The number of carbonyl (C=O) groups excluding carboxylic acids is 1. The predicted molar refractivity (Wildman–Crippen MR) is 82.1 cm³/mol. The van der Waals surface area contributed by atoms with Crippen molar-refractivity contribution in [1.82, 2.24) is 0 Å². The second-order valence-corrected chi connectivity index (χ2v) is 4.65. The zero-order valence-electron chi connectivity index (χ0n) is 10.9. The molecule has 20 heavy (non-hydrogen) atoms. The van der Waals surface area contributed by atoms with Crippen molar-refractivity contribution in [3.8, 4) is 0 Å². The molecule has 0 fully saturated rings. The molecule has 1 N–H and O–H groups in total. The van der Waals surface area contributed by atoms with Gasteiger partial charge in [0.1, 0.15) is 5.69 Å². The monoisotopic (exact) mass is 318 g/mol. The average Bonchev–Trinajstić information content (AvgIpc) is 2.39. The zero-order valence-corrected chi connectivity index (χ0v) is 14.4. The maximum atomic E-state index is 11.6. The third-order valence-electron chi connectivity index (χ3n) is 2.42. The van der Waals surface area contributed by atoms with Gasteiger partial charge < -0.3 is 4.84 Å². The molecule has 0 spiro atoms. The maximum Gasteiger partial charge on any atom is 0.336 e. The van der Waals surface area contributed by atoms with Crippen LogP contribution in [0.4, 0.5) is 5.69 Å². The summed E-state index contributed by atoms with van der Waals surface area (Å²) in [5, 5.41) is 0.778. The summed E-state index contributed by atoms with van der Waals surface area (Å²) in [4.78, 5) is 16.6. The quantitative estimate of drug-likeness (QED) is 0.689. The minimum absolute atomic E-state index is 0. The summed E-state index contributed by atoms with van der Waals surface area (Å²) in [5.41, 5.74) is 3.74. The van der Waals surface area contributed by atoms with Gasteiger partial charge in [-0.05, 0) is 17.7 Å². The van der Waals surface area contributed by atoms with Crippen LogP contribution in [0.3, 0.4) is 0 Å². The molecule has 1 radical (unpaired) electrons. The maximum absolute atomic E-state index is 11.6. The summed E-state index contributed by atoms with van der Waals surface area (Å²) in [6.45, 7) is 0. The largest absolute Gasteiger partial charge is 0.343 e. The Morgan fingerprint density at radius 2 is 1.60 bits per heavy atom. The van der Waals surface area contributed by atoms with Crippen molar-refractivity contribution in [2.45, 2.75) is 6.42 Å². The topological polar surface area (TPSA) is 38.3 Å². The summed E-state index contributed by atoms with van der Waals surface area (Å²) in [7, 11) is 0. The van der Waals surface area contributed by atoms with Crippen LogP contribution in [-0.4, -0.2) is 35.5 Å². The Labute approximate surface area is 149 Å².